The molecule has 0 atom stereocenters. The molecule has 2 rings (SSSR count). The molecule has 0 saturated carbocycles. The minimum absolute atomic E-state index is 0.118. The van der Waals surface area contributed by atoms with Gasteiger partial charge in [0.25, 0.3) is 9.05 Å². The van der Waals surface area contributed by atoms with Crippen LogP contribution in [0.2, 0.25) is 0 Å². The van der Waals surface area contributed by atoms with Crippen molar-refractivity contribution in [3.8, 4) is 5.75 Å². The Morgan fingerprint density at radius 1 is 1.11 bits per heavy atom. The van der Waals surface area contributed by atoms with Gasteiger partial charge in [0.15, 0.2) is 0 Å². The molecule has 2 aromatic carbocycles. The van der Waals surface area contributed by atoms with Crippen LogP contribution in [-0.4, -0.2) is 15.0 Å². The molecular formula is C14H15ClO3S. The molecule has 102 valence electrons. The SMILES string of the molecule is CCCCOc1ccc(S(=O)(=O)Cl)c2ccccc12. The highest BCUT2D eigenvalue weighted by Gasteiger charge is 2.16. The molecule has 0 unspecified atom stereocenters. The van der Waals surface area contributed by atoms with Gasteiger partial charge in [-0.2, -0.15) is 0 Å². The molecule has 0 amide bonds. The van der Waals surface area contributed by atoms with Gasteiger partial charge in [-0.05, 0) is 18.6 Å². The lowest BCUT2D eigenvalue weighted by Crippen LogP contribution is -1.99. The number of benzene rings is 2. The number of rotatable bonds is 5. The van der Waals surface area contributed by atoms with Crippen LogP contribution in [0, 0.1) is 0 Å². The van der Waals surface area contributed by atoms with Crippen molar-refractivity contribution in [2.24, 2.45) is 0 Å². The number of ether oxygens (including phenoxy) is 1. The average molecular weight is 299 g/mol. The predicted octanol–water partition coefficient (Wildman–Crippen LogP) is 3.95. The van der Waals surface area contributed by atoms with Crippen molar-refractivity contribution in [1.29, 1.82) is 0 Å². The summed E-state index contributed by atoms with van der Waals surface area (Å²) in [7, 11) is 1.69. The minimum Gasteiger partial charge on any atom is -0.493 e. The first-order valence-electron chi connectivity index (χ1n) is 6.13. The molecule has 0 heterocycles. The van der Waals surface area contributed by atoms with E-state index < -0.39 is 9.05 Å². The van der Waals surface area contributed by atoms with E-state index in [9.17, 15) is 8.42 Å². The van der Waals surface area contributed by atoms with Crippen LogP contribution >= 0.6 is 10.7 Å². The Morgan fingerprint density at radius 3 is 2.42 bits per heavy atom. The topological polar surface area (TPSA) is 43.4 Å². The maximum Gasteiger partial charge on any atom is 0.261 e. The van der Waals surface area contributed by atoms with Crippen molar-refractivity contribution in [2.75, 3.05) is 6.61 Å². The van der Waals surface area contributed by atoms with Crippen LogP contribution in [0.1, 0.15) is 19.8 Å². The number of halogens is 1. The molecule has 0 bridgehead atoms. The fraction of sp³-hybridized carbons (Fsp3) is 0.286. The van der Waals surface area contributed by atoms with Crippen molar-refractivity contribution < 1.29 is 13.2 Å². The van der Waals surface area contributed by atoms with Gasteiger partial charge in [-0.1, -0.05) is 37.6 Å². The molecule has 0 radical (unpaired) electrons. The maximum absolute atomic E-state index is 11.5. The van der Waals surface area contributed by atoms with Crippen molar-refractivity contribution in [3.63, 3.8) is 0 Å². The normalized spacial score (nSPS) is 11.7. The van der Waals surface area contributed by atoms with Gasteiger partial charge in [0, 0.05) is 21.5 Å². The number of fused-ring (bicyclic) bond motifs is 1. The Hall–Kier alpha value is -1.26. The molecule has 0 spiro atoms. The molecule has 19 heavy (non-hydrogen) atoms. The van der Waals surface area contributed by atoms with Crippen LogP contribution in [0.5, 0.6) is 5.75 Å². The largest absolute Gasteiger partial charge is 0.493 e. The summed E-state index contributed by atoms with van der Waals surface area (Å²) in [6.07, 6.45) is 2.01. The van der Waals surface area contributed by atoms with E-state index in [-0.39, 0.29) is 4.90 Å². The quantitative estimate of drug-likeness (QED) is 0.620. The third-order valence-corrected chi connectivity index (χ3v) is 4.24. The summed E-state index contributed by atoms with van der Waals surface area (Å²) in [5.41, 5.74) is 0. The van der Waals surface area contributed by atoms with Crippen LogP contribution in [0.25, 0.3) is 10.8 Å². The van der Waals surface area contributed by atoms with E-state index in [0.29, 0.717) is 17.7 Å². The van der Waals surface area contributed by atoms with Crippen LogP contribution in [0.4, 0.5) is 0 Å². The molecule has 3 nitrogen and oxygen atoms in total. The monoisotopic (exact) mass is 298 g/mol. The first kappa shape index (κ1) is 14.2. The Morgan fingerprint density at radius 2 is 1.79 bits per heavy atom. The Bertz CT molecular complexity index is 680. The van der Waals surface area contributed by atoms with E-state index in [2.05, 4.69) is 6.92 Å². The van der Waals surface area contributed by atoms with Gasteiger partial charge in [0.2, 0.25) is 0 Å². The van der Waals surface area contributed by atoms with E-state index in [1.54, 1.807) is 18.2 Å². The summed E-state index contributed by atoms with van der Waals surface area (Å²) < 4.78 is 28.8. The van der Waals surface area contributed by atoms with Crippen molar-refractivity contribution in [2.45, 2.75) is 24.7 Å². The lowest BCUT2D eigenvalue weighted by molar-refractivity contribution is 0.313. The highest BCUT2D eigenvalue weighted by Crippen LogP contribution is 2.32. The molecule has 0 fully saturated rings. The van der Waals surface area contributed by atoms with Crippen LogP contribution < -0.4 is 4.74 Å². The molecule has 2 aromatic rings. The van der Waals surface area contributed by atoms with Gasteiger partial charge in [-0.3, -0.25) is 0 Å². The Labute approximate surface area is 117 Å². The summed E-state index contributed by atoms with van der Waals surface area (Å²) in [6, 6.07) is 10.3. The van der Waals surface area contributed by atoms with Gasteiger partial charge in [0.1, 0.15) is 5.75 Å². The second-order valence-corrected chi connectivity index (χ2v) is 6.78. The summed E-state index contributed by atoms with van der Waals surface area (Å²) in [6.45, 7) is 2.71. The molecule has 0 aliphatic heterocycles. The van der Waals surface area contributed by atoms with Gasteiger partial charge < -0.3 is 4.74 Å². The molecular weight excluding hydrogens is 284 g/mol. The third kappa shape index (κ3) is 3.19. The fourth-order valence-corrected chi connectivity index (χ4v) is 2.98. The zero-order chi connectivity index (χ0) is 13.9. The summed E-state index contributed by atoms with van der Waals surface area (Å²) in [5.74, 6) is 0.688. The van der Waals surface area contributed by atoms with Crippen molar-refractivity contribution >= 4 is 30.5 Å². The highest BCUT2D eigenvalue weighted by molar-refractivity contribution is 8.14. The van der Waals surface area contributed by atoms with E-state index in [1.165, 1.54) is 6.07 Å². The van der Waals surface area contributed by atoms with Crippen molar-refractivity contribution in [1.82, 2.24) is 0 Å². The second kappa shape index (κ2) is 5.80. The second-order valence-electron chi connectivity index (χ2n) is 4.25. The van der Waals surface area contributed by atoms with E-state index >= 15 is 0 Å². The van der Waals surface area contributed by atoms with E-state index in [0.717, 1.165) is 18.2 Å². The predicted molar refractivity (Wildman–Crippen MR) is 77.4 cm³/mol. The molecule has 0 saturated heterocycles. The Kier molecular flexibility index (Phi) is 4.32. The highest BCUT2D eigenvalue weighted by atomic mass is 35.7. The van der Waals surface area contributed by atoms with Gasteiger partial charge >= 0.3 is 0 Å². The molecule has 0 aromatic heterocycles. The lowest BCUT2D eigenvalue weighted by Gasteiger charge is -2.10. The molecule has 0 aliphatic carbocycles. The van der Waals surface area contributed by atoms with Crippen molar-refractivity contribution in [3.05, 3.63) is 36.4 Å². The van der Waals surface area contributed by atoms with Gasteiger partial charge in [0.05, 0.1) is 11.5 Å². The van der Waals surface area contributed by atoms with Crippen LogP contribution in [0.3, 0.4) is 0 Å². The zero-order valence-corrected chi connectivity index (χ0v) is 12.2. The molecule has 0 aliphatic rings. The van der Waals surface area contributed by atoms with Gasteiger partial charge in [-0.25, -0.2) is 8.42 Å². The zero-order valence-electron chi connectivity index (χ0n) is 10.6. The standard InChI is InChI=1S/C14H15ClO3S/c1-2-3-10-18-13-8-9-14(19(15,16)17)12-7-5-4-6-11(12)13/h4-9H,2-3,10H2,1H3. The number of unbranched alkanes of at least 4 members (excludes halogenated alkanes) is 1. The Balaban J connectivity index is 2.52. The molecule has 0 N–H and O–H groups in total. The van der Waals surface area contributed by atoms with Crippen LogP contribution in [0.15, 0.2) is 41.3 Å². The summed E-state index contributed by atoms with van der Waals surface area (Å²) in [5, 5.41) is 1.35. The van der Waals surface area contributed by atoms with Gasteiger partial charge in [-0.15, -0.1) is 0 Å². The first-order chi connectivity index (χ1) is 9.04. The average Bonchev–Trinajstić information content (AvgIpc) is 2.37. The smallest absolute Gasteiger partial charge is 0.261 e. The number of hydrogen-bond donors (Lipinski definition) is 0. The maximum atomic E-state index is 11.5. The van der Waals surface area contributed by atoms with Crippen LogP contribution in [-0.2, 0) is 9.05 Å². The lowest BCUT2D eigenvalue weighted by atomic mass is 10.1. The summed E-state index contributed by atoms with van der Waals surface area (Å²) >= 11 is 0. The van der Waals surface area contributed by atoms with E-state index in [1.807, 2.05) is 12.1 Å². The first-order valence-corrected chi connectivity index (χ1v) is 8.44. The minimum atomic E-state index is -3.75. The molecule has 5 heteroatoms. The fourth-order valence-electron chi connectivity index (χ4n) is 1.91. The third-order valence-electron chi connectivity index (χ3n) is 2.86. The summed E-state index contributed by atoms with van der Waals surface area (Å²) in [4.78, 5) is 0.118. The van der Waals surface area contributed by atoms with E-state index in [4.69, 9.17) is 15.4 Å². The number of hydrogen-bond acceptors (Lipinski definition) is 3.